The highest BCUT2D eigenvalue weighted by molar-refractivity contribution is 6.12. The second-order valence-electron chi connectivity index (χ2n) is 6.02. The topological polar surface area (TPSA) is 47.9 Å². The monoisotopic (exact) mass is 333 g/mol. The molecule has 2 aromatic carbocycles. The van der Waals surface area contributed by atoms with Crippen molar-refractivity contribution in [2.75, 3.05) is 6.61 Å². The van der Waals surface area contributed by atoms with Gasteiger partial charge in [0.1, 0.15) is 12.4 Å². The van der Waals surface area contributed by atoms with Crippen molar-refractivity contribution in [1.29, 1.82) is 0 Å². The summed E-state index contributed by atoms with van der Waals surface area (Å²) in [7, 11) is 0. The molecule has 1 aliphatic heterocycles. The third-order valence-corrected chi connectivity index (χ3v) is 3.57. The Morgan fingerprint density at radius 2 is 2.00 bits per heavy atom. The van der Waals surface area contributed by atoms with Crippen LogP contribution in [0.15, 0.2) is 71.4 Å². The summed E-state index contributed by atoms with van der Waals surface area (Å²) >= 11 is 0. The van der Waals surface area contributed by atoms with Crippen LogP contribution in [-0.4, -0.2) is 18.5 Å². The predicted octanol–water partition coefficient (Wildman–Crippen LogP) is 4.29. The zero-order valence-electron chi connectivity index (χ0n) is 14.3. The number of cyclic esters (lactones) is 1. The first-order chi connectivity index (χ1) is 12.0. The fourth-order valence-electron chi connectivity index (χ4n) is 2.29. The number of aliphatic imine (C=N–C) groups is 1. The largest absolute Gasteiger partial charge is 0.489 e. The summed E-state index contributed by atoms with van der Waals surface area (Å²) in [5, 5.41) is 0. The van der Waals surface area contributed by atoms with Gasteiger partial charge in [0.2, 0.25) is 5.90 Å². The van der Waals surface area contributed by atoms with Crippen molar-refractivity contribution in [2.45, 2.75) is 13.8 Å². The Balaban J connectivity index is 1.83. The lowest BCUT2D eigenvalue weighted by molar-refractivity contribution is -0.129. The molecule has 4 heteroatoms. The molecule has 0 aromatic heterocycles. The van der Waals surface area contributed by atoms with E-state index in [-0.39, 0.29) is 5.70 Å². The minimum Gasteiger partial charge on any atom is -0.489 e. The maximum Gasteiger partial charge on any atom is 0.363 e. The second kappa shape index (κ2) is 7.18. The van der Waals surface area contributed by atoms with Gasteiger partial charge in [-0.15, -0.1) is 0 Å². The van der Waals surface area contributed by atoms with E-state index >= 15 is 0 Å². The molecule has 0 amide bonds. The molecule has 0 bridgehead atoms. The van der Waals surface area contributed by atoms with Crippen LogP contribution in [0.25, 0.3) is 6.08 Å². The molecule has 0 spiro atoms. The van der Waals surface area contributed by atoms with Crippen molar-refractivity contribution < 1.29 is 14.3 Å². The summed E-state index contributed by atoms with van der Waals surface area (Å²) in [6, 6.07) is 15.1. The average molecular weight is 333 g/mol. The zero-order chi connectivity index (χ0) is 17.8. The summed E-state index contributed by atoms with van der Waals surface area (Å²) in [5.41, 5.74) is 3.94. The Kier molecular flexibility index (Phi) is 4.80. The van der Waals surface area contributed by atoms with Gasteiger partial charge in [0.05, 0.1) is 0 Å². The Bertz CT molecular complexity index is 876. The lowest BCUT2D eigenvalue weighted by Crippen LogP contribution is -2.05. The smallest absolute Gasteiger partial charge is 0.363 e. The molecule has 0 aliphatic carbocycles. The number of carbonyl (C=O) groups excluding carboxylic acids is 1. The second-order valence-corrected chi connectivity index (χ2v) is 6.02. The minimum absolute atomic E-state index is 0.271. The number of aryl methyl sites for hydroxylation is 1. The minimum atomic E-state index is -0.455. The van der Waals surface area contributed by atoms with Crippen LogP contribution in [-0.2, 0) is 9.53 Å². The quantitative estimate of drug-likeness (QED) is 0.466. The van der Waals surface area contributed by atoms with E-state index in [1.807, 2.05) is 62.4 Å². The van der Waals surface area contributed by atoms with Crippen molar-refractivity contribution in [3.8, 4) is 5.75 Å². The molecule has 0 saturated carbocycles. The van der Waals surface area contributed by atoms with E-state index in [9.17, 15) is 4.79 Å². The highest BCUT2D eigenvalue weighted by Crippen LogP contribution is 2.21. The molecular formula is C21H19NO3. The Hall–Kier alpha value is -3.14. The van der Waals surface area contributed by atoms with Crippen molar-refractivity contribution in [3.05, 3.63) is 83.1 Å². The van der Waals surface area contributed by atoms with Gasteiger partial charge < -0.3 is 9.47 Å². The lowest BCUT2D eigenvalue weighted by Gasteiger charge is -2.06. The van der Waals surface area contributed by atoms with Crippen LogP contribution < -0.4 is 4.74 Å². The van der Waals surface area contributed by atoms with Gasteiger partial charge in [-0.05, 0) is 55.3 Å². The van der Waals surface area contributed by atoms with Crippen molar-refractivity contribution in [2.24, 2.45) is 4.99 Å². The van der Waals surface area contributed by atoms with Crippen molar-refractivity contribution in [3.63, 3.8) is 0 Å². The molecule has 2 aromatic rings. The number of benzene rings is 2. The SMILES string of the molecule is C=C(C)COc1cccc(/C=C2\N=C(c3ccc(C)cc3)OC2=O)c1. The number of ether oxygens (including phenoxy) is 2. The summed E-state index contributed by atoms with van der Waals surface area (Å²) in [6.07, 6.45) is 1.69. The first-order valence-corrected chi connectivity index (χ1v) is 7.98. The molecular weight excluding hydrogens is 314 g/mol. The van der Waals surface area contributed by atoms with Crippen LogP contribution in [0.1, 0.15) is 23.6 Å². The van der Waals surface area contributed by atoms with E-state index in [1.165, 1.54) is 0 Å². The predicted molar refractivity (Wildman–Crippen MR) is 98.5 cm³/mol. The van der Waals surface area contributed by atoms with E-state index in [1.54, 1.807) is 6.08 Å². The molecule has 0 N–H and O–H groups in total. The average Bonchev–Trinajstić information content (AvgIpc) is 2.95. The van der Waals surface area contributed by atoms with E-state index in [4.69, 9.17) is 9.47 Å². The van der Waals surface area contributed by atoms with Crippen LogP contribution in [0.5, 0.6) is 5.75 Å². The third kappa shape index (κ3) is 4.23. The van der Waals surface area contributed by atoms with Gasteiger partial charge in [-0.1, -0.05) is 36.4 Å². The summed E-state index contributed by atoms with van der Waals surface area (Å²) in [4.78, 5) is 16.4. The van der Waals surface area contributed by atoms with Gasteiger partial charge in [0.25, 0.3) is 0 Å². The van der Waals surface area contributed by atoms with Gasteiger partial charge in [0, 0.05) is 5.56 Å². The molecule has 0 fully saturated rings. The number of carbonyl (C=O) groups is 1. The number of hydrogen-bond acceptors (Lipinski definition) is 4. The fraction of sp³-hybridized carbons (Fsp3) is 0.143. The molecule has 3 rings (SSSR count). The number of rotatable bonds is 5. The number of nitrogens with zero attached hydrogens (tertiary/aromatic N) is 1. The Labute approximate surface area is 147 Å². The van der Waals surface area contributed by atoms with Gasteiger partial charge >= 0.3 is 5.97 Å². The molecule has 1 heterocycles. The van der Waals surface area contributed by atoms with E-state index in [0.29, 0.717) is 18.3 Å². The molecule has 0 unspecified atom stereocenters. The fourth-order valence-corrected chi connectivity index (χ4v) is 2.29. The molecule has 0 saturated heterocycles. The standard InChI is InChI=1S/C21H19NO3/c1-14(2)13-24-18-6-4-5-16(11-18)12-19-21(23)25-20(22-19)17-9-7-15(3)8-10-17/h4-12H,1,13H2,2-3H3/b19-12-. The molecule has 25 heavy (non-hydrogen) atoms. The lowest BCUT2D eigenvalue weighted by atomic mass is 10.1. The highest BCUT2D eigenvalue weighted by atomic mass is 16.6. The number of hydrogen-bond donors (Lipinski definition) is 0. The first-order valence-electron chi connectivity index (χ1n) is 7.98. The molecule has 1 aliphatic rings. The van der Waals surface area contributed by atoms with Gasteiger partial charge in [-0.25, -0.2) is 9.79 Å². The maximum atomic E-state index is 12.1. The maximum absolute atomic E-state index is 12.1. The van der Waals surface area contributed by atoms with Crippen LogP contribution in [0, 0.1) is 6.92 Å². The third-order valence-electron chi connectivity index (χ3n) is 3.57. The Morgan fingerprint density at radius 3 is 2.72 bits per heavy atom. The van der Waals surface area contributed by atoms with Crippen LogP contribution in [0.4, 0.5) is 0 Å². The van der Waals surface area contributed by atoms with Crippen LogP contribution >= 0.6 is 0 Å². The van der Waals surface area contributed by atoms with E-state index < -0.39 is 5.97 Å². The molecule has 0 atom stereocenters. The zero-order valence-corrected chi connectivity index (χ0v) is 14.3. The van der Waals surface area contributed by atoms with Gasteiger partial charge in [-0.3, -0.25) is 0 Å². The highest BCUT2D eigenvalue weighted by Gasteiger charge is 2.24. The van der Waals surface area contributed by atoms with Crippen molar-refractivity contribution in [1.82, 2.24) is 0 Å². The van der Waals surface area contributed by atoms with Crippen molar-refractivity contribution >= 4 is 17.9 Å². The number of esters is 1. The molecule has 126 valence electrons. The van der Waals surface area contributed by atoms with Crippen LogP contribution in [0.2, 0.25) is 0 Å². The molecule has 0 radical (unpaired) electrons. The first kappa shape index (κ1) is 16.7. The Morgan fingerprint density at radius 1 is 1.24 bits per heavy atom. The van der Waals surface area contributed by atoms with Gasteiger partial charge in [0.15, 0.2) is 5.70 Å². The summed E-state index contributed by atoms with van der Waals surface area (Å²) in [6.45, 7) is 8.17. The van der Waals surface area contributed by atoms with E-state index in [0.717, 1.165) is 22.3 Å². The normalized spacial score (nSPS) is 15.0. The summed E-state index contributed by atoms with van der Waals surface area (Å²) in [5.74, 6) is 0.584. The van der Waals surface area contributed by atoms with Gasteiger partial charge in [-0.2, -0.15) is 0 Å². The van der Waals surface area contributed by atoms with E-state index in [2.05, 4.69) is 11.6 Å². The molecule has 4 nitrogen and oxygen atoms in total. The van der Waals surface area contributed by atoms with Crippen LogP contribution in [0.3, 0.4) is 0 Å². The summed E-state index contributed by atoms with van der Waals surface area (Å²) < 4.78 is 10.9.